The summed E-state index contributed by atoms with van der Waals surface area (Å²) in [5.41, 5.74) is 1.82. The molecule has 0 aromatic heterocycles. The zero-order chi connectivity index (χ0) is 14.2. The second-order valence-corrected chi connectivity index (χ2v) is 7.12. The zero-order valence-corrected chi connectivity index (χ0v) is 13.8. The molecule has 1 fully saturated rings. The van der Waals surface area contributed by atoms with E-state index in [0.717, 1.165) is 0 Å². The predicted molar refractivity (Wildman–Crippen MR) is 90.0 cm³/mol. The van der Waals surface area contributed by atoms with Gasteiger partial charge in [-0.05, 0) is 47.7 Å². The average molecular weight is 332 g/mol. The van der Waals surface area contributed by atoms with Gasteiger partial charge in [0.05, 0.1) is 0 Å². The van der Waals surface area contributed by atoms with Crippen molar-refractivity contribution >= 4 is 26.7 Å². The van der Waals surface area contributed by atoms with Crippen molar-refractivity contribution in [2.45, 2.75) is 38.6 Å². The van der Waals surface area contributed by atoms with Gasteiger partial charge in [-0.25, -0.2) is 0 Å². The number of nitrogens with one attached hydrogen (secondary N) is 1. The zero-order valence-electron chi connectivity index (χ0n) is 12.2. The Hall–Kier alpha value is -0.860. The van der Waals surface area contributed by atoms with Crippen LogP contribution < -0.4 is 5.32 Å². The third kappa shape index (κ3) is 2.29. The molecule has 0 saturated heterocycles. The van der Waals surface area contributed by atoms with Crippen LogP contribution in [0.1, 0.15) is 44.2 Å². The molecule has 1 saturated carbocycles. The molecule has 2 heteroatoms. The fourth-order valence-electron chi connectivity index (χ4n) is 3.89. The van der Waals surface area contributed by atoms with Gasteiger partial charge in [0.25, 0.3) is 0 Å². The first-order valence-corrected chi connectivity index (χ1v) is 8.29. The highest BCUT2D eigenvalue weighted by Crippen LogP contribution is 2.48. The fraction of sp³-hybridized carbons (Fsp3) is 0.444. The Morgan fingerprint density at radius 1 is 1.05 bits per heavy atom. The first kappa shape index (κ1) is 14.1. The lowest BCUT2D eigenvalue weighted by Gasteiger charge is -2.35. The van der Waals surface area contributed by atoms with E-state index >= 15 is 0 Å². The molecule has 2 aromatic rings. The van der Waals surface area contributed by atoms with Gasteiger partial charge in [-0.3, -0.25) is 0 Å². The number of fused-ring (bicyclic) bond motifs is 1. The molecule has 0 aliphatic heterocycles. The number of hydrogen-bond acceptors (Lipinski definition) is 1. The molecule has 0 heterocycles. The Balaban J connectivity index is 2.15. The van der Waals surface area contributed by atoms with E-state index in [2.05, 4.69) is 71.6 Å². The van der Waals surface area contributed by atoms with Gasteiger partial charge in [0, 0.05) is 10.5 Å². The van der Waals surface area contributed by atoms with Crippen LogP contribution in [0.15, 0.2) is 40.9 Å². The number of rotatable bonds is 3. The Morgan fingerprint density at radius 2 is 1.70 bits per heavy atom. The first-order valence-electron chi connectivity index (χ1n) is 7.50. The lowest BCUT2D eigenvalue weighted by atomic mass is 9.76. The van der Waals surface area contributed by atoms with Crippen LogP contribution >= 0.6 is 15.9 Å². The summed E-state index contributed by atoms with van der Waals surface area (Å²) in [7, 11) is 2.10. The van der Waals surface area contributed by atoms with Gasteiger partial charge in [0.2, 0.25) is 0 Å². The van der Waals surface area contributed by atoms with E-state index in [1.165, 1.54) is 46.5 Å². The highest BCUT2D eigenvalue weighted by Gasteiger charge is 2.37. The van der Waals surface area contributed by atoms with Crippen molar-refractivity contribution in [2.24, 2.45) is 5.41 Å². The van der Waals surface area contributed by atoms with Crippen LogP contribution in [0.5, 0.6) is 0 Å². The molecule has 1 aliphatic rings. The van der Waals surface area contributed by atoms with E-state index in [9.17, 15) is 0 Å². The van der Waals surface area contributed by atoms with Crippen LogP contribution in [0.3, 0.4) is 0 Å². The molecule has 1 atom stereocenters. The highest BCUT2D eigenvalue weighted by molar-refractivity contribution is 9.10. The summed E-state index contributed by atoms with van der Waals surface area (Å²) < 4.78 is 1.18. The lowest BCUT2D eigenvalue weighted by Crippen LogP contribution is -2.32. The average Bonchev–Trinajstić information content (AvgIpc) is 2.90. The molecule has 2 aromatic carbocycles. The lowest BCUT2D eigenvalue weighted by molar-refractivity contribution is 0.235. The first-order chi connectivity index (χ1) is 9.65. The summed E-state index contributed by atoms with van der Waals surface area (Å²) in [6.07, 6.45) is 5.37. The number of halogens is 1. The summed E-state index contributed by atoms with van der Waals surface area (Å²) in [6, 6.07) is 13.6. The van der Waals surface area contributed by atoms with E-state index in [-0.39, 0.29) is 0 Å². The Kier molecular flexibility index (Phi) is 3.87. The van der Waals surface area contributed by atoms with E-state index in [4.69, 9.17) is 0 Å². The third-order valence-electron chi connectivity index (χ3n) is 4.95. The van der Waals surface area contributed by atoms with Gasteiger partial charge in [-0.1, -0.05) is 66.0 Å². The fourth-order valence-corrected chi connectivity index (χ4v) is 4.37. The van der Waals surface area contributed by atoms with Crippen molar-refractivity contribution in [1.29, 1.82) is 0 Å². The monoisotopic (exact) mass is 331 g/mol. The van der Waals surface area contributed by atoms with Crippen molar-refractivity contribution < 1.29 is 0 Å². The standard InChI is InChI=1S/C18H22BrN/c1-18(11-5-6-12-18)17(20-2)15-9-10-16(19)14-8-4-3-7-13(14)15/h3-4,7-10,17,20H,5-6,11-12H2,1-2H3. The van der Waals surface area contributed by atoms with Gasteiger partial charge in [0.15, 0.2) is 0 Å². The summed E-state index contributed by atoms with van der Waals surface area (Å²) in [5, 5.41) is 6.28. The molecular weight excluding hydrogens is 310 g/mol. The number of hydrogen-bond donors (Lipinski definition) is 1. The predicted octanol–water partition coefficient (Wildman–Crippen LogP) is 5.44. The van der Waals surface area contributed by atoms with Crippen LogP contribution in [0.4, 0.5) is 0 Å². The number of benzene rings is 2. The summed E-state index contributed by atoms with van der Waals surface area (Å²) in [4.78, 5) is 0. The second-order valence-electron chi connectivity index (χ2n) is 6.27. The van der Waals surface area contributed by atoms with Crippen LogP contribution in [0.2, 0.25) is 0 Å². The molecule has 0 radical (unpaired) electrons. The minimum atomic E-state index is 0.380. The Morgan fingerprint density at radius 3 is 2.35 bits per heavy atom. The summed E-state index contributed by atoms with van der Waals surface area (Å²) in [6.45, 7) is 2.44. The topological polar surface area (TPSA) is 12.0 Å². The maximum atomic E-state index is 3.68. The minimum Gasteiger partial charge on any atom is -0.313 e. The molecule has 1 aliphatic carbocycles. The molecule has 0 amide bonds. The second kappa shape index (κ2) is 5.50. The molecular formula is C18H22BrN. The van der Waals surface area contributed by atoms with Crippen molar-refractivity contribution in [1.82, 2.24) is 5.32 Å². The van der Waals surface area contributed by atoms with Crippen molar-refractivity contribution in [3.05, 3.63) is 46.4 Å². The molecule has 106 valence electrons. The van der Waals surface area contributed by atoms with Crippen LogP contribution in [0, 0.1) is 5.41 Å². The van der Waals surface area contributed by atoms with E-state index in [0.29, 0.717) is 11.5 Å². The molecule has 3 rings (SSSR count). The van der Waals surface area contributed by atoms with E-state index in [1.807, 2.05) is 0 Å². The van der Waals surface area contributed by atoms with Gasteiger partial charge in [-0.2, -0.15) is 0 Å². The van der Waals surface area contributed by atoms with Gasteiger partial charge in [-0.15, -0.1) is 0 Å². The van der Waals surface area contributed by atoms with Gasteiger partial charge >= 0.3 is 0 Å². The minimum absolute atomic E-state index is 0.380. The van der Waals surface area contributed by atoms with Crippen LogP contribution in [-0.2, 0) is 0 Å². The van der Waals surface area contributed by atoms with Crippen LogP contribution in [-0.4, -0.2) is 7.05 Å². The SMILES string of the molecule is CNC(c1ccc(Br)c2ccccc12)C1(C)CCCC1. The van der Waals surface area contributed by atoms with Crippen molar-refractivity contribution in [2.75, 3.05) is 7.05 Å². The van der Waals surface area contributed by atoms with Gasteiger partial charge < -0.3 is 5.32 Å². The van der Waals surface area contributed by atoms with Crippen molar-refractivity contribution in [3.8, 4) is 0 Å². The summed E-state index contributed by atoms with van der Waals surface area (Å²) in [5.74, 6) is 0. The highest BCUT2D eigenvalue weighted by atomic mass is 79.9. The van der Waals surface area contributed by atoms with Crippen LogP contribution in [0.25, 0.3) is 10.8 Å². The quantitative estimate of drug-likeness (QED) is 0.789. The van der Waals surface area contributed by atoms with Gasteiger partial charge in [0.1, 0.15) is 0 Å². The molecule has 1 nitrogen and oxygen atoms in total. The maximum absolute atomic E-state index is 3.68. The smallest absolute Gasteiger partial charge is 0.0378 e. The largest absolute Gasteiger partial charge is 0.313 e. The molecule has 1 N–H and O–H groups in total. The molecule has 1 unspecified atom stereocenters. The van der Waals surface area contributed by atoms with Crippen molar-refractivity contribution in [3.63, 3.8) is 0 Å². The third-order valence-corrected chi connectivity index (χ3v) is 5.64. The van der Waals surface area contributed by atoms with E-state index < -0.39 is 0 Å². The van der Waals surface area contributed by atoms with E-state index in [1.54, 1.807) is 0 Å². The Bertz CT molecular complexity index is 614. The normalized spacial score (nSPS) is 19.4. The summed E-state index contributed by atoms with van der Waals surface area (Å²) >= 11 is 3.68. The molecule has 0 bridgehead atoms. The maximum Gasteiger partial charge on any atom is 0.0378 e. The Labute approximate surface area is 129 Å². The molecule has 20 heavy (non-hydrogen) atoms. The molecule has 0 spiro atoms.